The zero-order valence-corrected chi connectivity index (χ0v) is 14.2. The number of aryl methyl sites for hydroxylation is 2. The minimum atomic E-state index is -0.0843. The van der Waals surface area contributed by atoms with Crippen molar-refractivity contribution in [1.29, 1.82) is 0 Å². The number of hydrogen-bond acceptors (Lipinski definition) is 6. The van der Waals surface area contributed by atoms with Crippen molar-refractivity contribution in [2.45, 2.75) is 45.6 Å². The molecule has 2 amide bonds. The summed E-state index contributed by atoms with van der Waals surface area (Å²) in [6.07, 6.45) is 5.51. The van der Waals surface area contributed by atoms with Gasteiger partial charge in [0, 0.05) is 37.5 Å². The van der Waals surface area contributed by atoms with Gasteiger partial charge in [-0.3, -0.25) is 0 Å². The molecule has 3 rings (SSSR count). The molecule has 7 nitrogen and oxygen atoms in total. The van der Waals surface area contributed by atoms with Gasteiger partial charge in [0.15, 0.2) is 5.82 Å². The SMILES string of the molecule is CCc1cnc(CCNC(=O)N2CCCC2c2noc(C)n2)s1. The lowest BCUT2D eigenvalue weighted by Gasteiger charge is -2.22. The summed E-state index contributed by atoms with van der Waals surface area (Å²) in [6.45, 7) is 5.19. The predicted molar refractivity (Wildman–Crippen MR) is 86.3 cm³/mol. The Bertz CT molecular complexity index is 668. The second-order valence-electron chi connectivity index (χ2n) is 5.58. The van der Waals surface area contributed by atoms with Crippen molar-refractivity contribution in [1.82, 2.24) is 25.3 Å². The molecule has 3 heterocycles. The minimum absolute atomic E-state index is 0.0674. The lowest BCUT2D eigenvalue weighted by molar-refractivity contribution is 0.190. The van der Waals surface area contributed by atoms with E-state index >= 15 is 0 Å². The second-order valence-corrected chi connectivity index (χ2v) is 6.78. The van der Waals surface area contributed by atoms with Crippen molar-refractivity contribution in [2.24, 2.45) is 0 Å². The fraction of sp³-hybridized carbons (Fsp3) is 0.600. The van der Waals surface area contributed by atoms with Crippen LogP contribution in [0.4, 0.5) is 4.79 Å². The molecule has 1 atom stereocenters. The summed E-state index contributed by atoms with van der Waals surface area (Å²) in [5.74, 6) is 1.13. The molecule has 2 aromatic heterocycles. The fourth-order valence-corrected chi connectivity index (χ4v) is 3.60. The summed E-state index contributed by atoms with van der Waals surface area (Å²) in [7, 11) is 0. The van der Waals surface area contributed by atoms with E-state index in [4.69, 9.17) is 4.52 Å². The summed E-state index contributed by atoms with van der Waals surface area (Å²) in [4.78, 5) is 24.1. The van der Waals surface area contributed by atoms with Gasteiger partial charge >= 0.3 is 6.03 Å². The number of aromatic nitrogens is 3. The van der Waals surface area contributed by atoms with E-state index in [2.05, 4.69) is 27.4 Å². The molecule has 1 saturated heterocycles. The number of thiazole rings is 1. The summed E-state index contributed by atoms with van der Waals surface area (Å²) in [5.41, 5.74) is 0. The first-order valence-electron chi connectivity index (χ1n) is 7.95. The van der Waals surface area contributed by atoms with Crippen LogP contribution < -0.4 is 5.32 Å². The molecule has 1 N–H and O–H groups in total. The average molecular weight is 335 g/mol. The van der Waals surface area contributed by atoms with Crippen LogP contribution in [-0.2, 0) is 12.8 Å². The first-order valence-corrected chi connectivity index (χ1v) is 8.77. The standard InChI is InChI=1S/C15H21N5O2S/c1-3-11-9-17-13(23-11)6-7-16-15(21)20-8-4-5-12(20)14-18-10(2)22-19-14/h9,12H,3-8H2,1-2H3,(H,16,21). The molecule has 8 heteroatoms. The number of carbonyl (C=O) groups excluding carboxylic acids is 1. The number of hydrogen-bond donors (Lipinski definition) is 1. The molecule has 1 aliphatic rings. The molecule has 0 radical (unpaired) electrons. The van der Waals surface area contributed by atoms with Gasteiger partial charge in [-0.05, 0) is 19.3 Å². The number of carbonyl (C=O) groups is 1. The molecular weight excluding hydrogens is 314 g/mol. The highest BCUT2D eigenvalue weighted by Gasteiger charge is 2.33. The van der Waals surface area contributed by atoms with E-state index in [1.54, 1.807) is 23.2 Å². The van der Waals surface area contributed by atoms with Gasteiger partial charge in [-0.15, -0.1) is 11.3 Å². The van der Waals surface area contributed by atoms with Gasteiger partial charge < -0.3 is 14.7 Å². The molecule has 0 aromatic carbocycles. The van der Waals surface area contributed by atoms with Crippen LogP contribution in [0.25, 0.3) is 0 Å². The fourth-order valence-electron chi connectivity index (χ4n) is 2.73. The maximum absolute atomic E-state index is 12.4. The van der Waals surface area contributed by atoms with Crippen molar-refractivity contribution in [3.8, 4) is 0 Å². The molecule has 1 unspecified atom stereocenters. The highest BCUT2D eigenvalue weighted by molar-refractivity contribution is 7.11. The Morgan fingerprint density at radius 2 is 2.43 bits per heavy atom. The van der Waals surface area contributed by atoms with Gasteiger partial charge in [0.2, 0.25) is 5.89 Å². The van der Waals surface area contributed by atoms with Gasteiger partial charge in [0.1, 0.15) is 0 Å². The average Bonchev–Trinajstić information content (AvgIpc) is 3.26. The highest BCUT2D eigenvalue weighted by atomic mass is 32.1. The third-order valence-electron chi connectivity index (χ3n) is 3.92. The molecule has 1 fully saturated rings. The molecule has 0 aliphatic carbocycles. The number of amides is 2. The summed E-state index contributed by atoms with van der Waals surface area (Å²) < 4.78 is 5.03. The maximum atomic E-state index is 12.4. The number of likely N-dealkylation sites (tertiary alicyclic amines) is 1. The first-order chi connectivity index (χ1) is 11.2. The second kappa shape index (κ2) is 7.08. The largest absolute Gasteiger partial charge is 0.340 e. The number of nitrogens with one attached hydrogen (secondary N) is 1. The van der Waals surface area contributed by atoms with Gasteiger partial charge in [-0.25, -0.2) is 9.78 Å². The van der Waals surface area contributed by atoms with E-state index in [1.165, 1.54) is 4.88 Å². The van der Waals surface area contributed by atoms with Crippen LogP contribution in [0.15, 0.2) is 10.7 Å². The van der Waals surface area contributed by atoms with Gasteiger partial charge in [0.25, 0.3) is 0 Å². The molecule has 1 aliphatic heterocycles. The van der Waals surface area contributed by atoms with Crippen LogP contribution in [-0.4, -0.2) is 39.1 Å². The zero-order valence-electron chi connectivity index (χ0n) is 13.4. The first kappa shape index (κ1) is 15.9. The van der Waals surface area contributed by atoms with E-state index in [0.717, 1.165) is 37.2 Å². The summed E-state index contributed by atoms with van der Waals surface area (Å²) >= 11 is 1.71. The van der Waals surface area contributed by atoms with E-state index in [0.29, 0.717) is 18.3 Å². The number of urea groups is 1. The Morgan fingerprint density at radius 1 is 1.57 bits per heavy atom. The monoisotopic (exact) mass is 335 g/mol. The molecular formula is C15H21N5O2S. The molecule has 0 bridgehead atoms. The van der Waals surface area contributed by atoms with Crippen LogP contribution in [0.2, 0.25) is 0 Å². The van der Waals surface area contributed by atoms with Crippen LogP contribution in [0.5, 0.6) is 0 Å². The molecule has 2 aromatic rings. The minimum Gasteiger partial charge on any atom is -0.340 e. The molecule has 124 valence electrons. The molecule has 0 saturated carbocycles. The van der Waals surface area contributed by atoms with Crippen molar-refractivity contribution in [2.75, 3.05) is 13.1 Å². The lowest BCUT2D eigenvalue weighted by atomic mass is 10.2. The van der Waals surface area contributed by atoms with E-state index in [9.17, 15) is 4.79 Å². The Balaban J connectivity index is 1.53. The van der Waals surface area contributed by atoms with Crippen LogP contribution >= 0.6 is 11.3 Å². The van der Waals surface area contributed by atoms with Crippen molar-refractivity contribution in [3.05, 3.63) is 27.8 Å². The van der Waals surface area contributed by atoms with E-state index in [1.807, 2.05) is 6.20 Å². The third-order valence-corrected chi connectivity index (χ3v) is 5.12. The summed E-state index contributed by atoms with van der Waals surface area (Å²) in [6, 6.07) is -0.152. The molecule has 23 heavy (non-hydrogen) atoms. The van der Waals surface area contributed by atoms with Gasteiger partial charge in [-0.2, -0.15) is 4.98 Å². The lowest BCUT2D eigenvalue weighted by Crippen LogP contribution is -2.40. The van der Waals surface area contributed by atoms with E-state index < -0.39 is 0 Å². The van der Waals surface area contributed by atoms with Crippen LogP contribution in [0.3, 0.4) is 0 Å². The smallest absolute Gasteiger partial charge is 0.318 e. The van der Waals surface area contributed by atoms with Crippen LogP contribution in [0, 0.1) is 6.92 Å². The van der Waals surface area contributed by atoms with Crippen molar-refractivity contribution in [3.63, 3.8) is 0 Å². The summed E-state index contributed by atoms with van der Waals surface area (Å²) in [5, 5.41) is 7.99. The van der Waals surface area contributed by atoms with Gasteiger partial charge in [0.05, 0.1) is 11.0 Å². The zero-order chi connectivity index (χ0) is 16.2. The Hall–Kier alpha value is -1.96. The van der Waals surface area contributed by atoms with Crippen LogP contribution in [0.1, 0.15) is 47.4 Å². The topological polar surface area (TPSA) is 84.2 Å². The Morgan fingerprint density at radius 3 is 3.13 bits per heavy atom. The van der Waals surface area contributed by atoms with Crippen molar-refractivity contribution < 1.29 is 9.32 Å². The normalized spacial score (nSPS) is 17.7. The Kier molecular flexibility index (Phi) is 4.90. The van der Waals surface area contributed by atoms with E-state index in [-0.39, 0.29) is 12.1 Å². The Labute approximate surface area is 139 Å². The third kappa shape index (κ3) is 3.69. The number of rotatable bonds is 5. The number of nitrogens with zero attached hydrogens (tertiary/aromatic N) is 4. The maximum Gasteiger partial charge on any atom is 0.318 e. The molecule has 0 spiro atoms. The highest BCUT2D eigenvalue weighted by Crippen LogP contribution is 2.29. The van der Waals surface area contributed by atoms with Crippen molar-refractivity contribution >= 4 is 17.4 Å². The predicted octanol–water partition coefficient (Wildman–Crippen LogP) is 2.49. The van der Waals surface area contributed by atoms with Gasteiger partial charge in [-0.1, -0.05) is 12.1 Å². The quantitative estimate of drug-likeness (QED) is 0.907.